The number of rotatable bonds is 5. The molecule has 3 aromatic heterocycles. The number of aromatic amines is 1. The van der Waals surface area contributed by atoms with Crippen LogP contribution in [0.1, 0.15) is 25.7 Å². The summed E-state index contributed by atoms with van der Waals surface area (Å²) in [5, 5.41) is 17.6. The molecule has 3 fully saturated rings. The zero-order valence-electron chi connectivity index (χ0n) is 18.0. The smallest absolute Gasteiger partial charge is 0.308 e. The Morgan fingerprint density at radius 1 is 1.12 bits per heavy atom. The lowest BCUT2D eigenvalue weighted by molar-refractivity contribution is -0.148. The number of carbonyl (C=O) groups is 1. The van der Waals surface area contributed by atoms with Crippen molar-refractivity contribution in [3.8, 4) is 11.4 Å². The molecular weight excluding hydrogens is 439 g/mol. The van der Waals surface area contributed by atoms with Gasteiger partial charge in [-0.25, -0.2) is 19.3 Å². The van der Waals surface area contributed by atoms with Crippen molar-refractivity contribution in [1.82, 2.24) is 19.9 Å². The Hall–Kier alpha value is -3.95. The van der Waals surface area contributed by atoms with E-state index in [0.29, 0.717) is 39.1 Å². The van der Waals surface area contributed by atoms with Crippen LogP contribution in [0, 0.1) is 28.5 Å². The molecule has 9 nitrogen and oxygen atoms in total. The number of hydrogen-bond donors (Lipinski definition) is 3. The summed E-state index contributed by atoms with van der Waals surface area (Å²) in [6.45, 7) is 0. The summed E-state index contributed by atoms with van der Waals surface area (Å²) >= 11 is 0. The Bertz CT molecular complexity index is 1450. The monoisotopic (exact) mass is 460 g/mol. The average molecular weight is 460 g/mol. The standard InChI is InChI=1S/C24H21FN6O3/c25-13-7-15-17(10-27-21(15)26-9-13)23-28-18-6-5-14(31-34)8-16(18)22(30-23)29-20-12-3-1-11(2-4-12)19(20)24(32)33/h5-12,19-20H,1-4H2,(H,26,27)(H,32,33)(H,28,29,30). The molecule has 172 valence electrons. The molecule has 2 bridgehead atoms. The Morgan fingerprint density at radius 3 is 2.68 bits per heavy atom. The Kier molecular flexibility index (Phi) is 4.75. The first kappa shape index (κ1) is 20.6. The van der Waals surface area contributed by atoms with Crippen LogP contribution in [0.5, 0.6) is 0 Å². The van der Waals surface area contributed by atoms with Gasteiger partial charge < -0.3 is 15.4 Å². The molecule has 0 radical (unpaired) electrons. The fourth-order valence-electron chi connectivity index (χ4n) is 5.74. The SMILES string of the molecule is O=Nc1ccc2nc(-c3c[nH]c4ncc(F)cc34)nc(NC3C4CCC(CC4)C3C(=O)O)c2c1. The van der Waals surface area contributed by atoms with Crippen LogP contribution in [0.4, 0.5) is 15.9 Å². The molecule has 2 atom stereocenters. The van der Waals surface area contributed by atoms with E-state index in [-0.39, 0.29) is 23.6 Å². The first-order valence-electron chi connectivity index (χ1n) is 11.3. The van der Waals surface area contributed by atoms with E-state index in [1.807, 2.05) is 0 Å². The van der Waals surface area contributed by atoms with Crippen LogP contribution >= 0.6 is 0 Å². The molecule has 2 unspecified atom stereocenters. The minimum atomic E-state index is -0.807. The zero-order chi connectivity index (χ0) is 23.4. The van der Waals surface area contributed by atoms with Crippen molar-refractivity contribution in [2.24, 2.45) is 22.9 Å². The number of halogens is 1. The molecule has 3 saturated carbocycles. The van der Waals surface area contributed by atoms with Gasteiger partial charge in [0.2, 0.25) is 0 Å². The van der Waals surface area contributed by atoms with Crippen molar-refractivity contribution in [2.45, 2.75) is 31.7 Å². The van der Waals surface area contributed by atoms with Gasteiger partial charge in [-0.2, -0.15) is 0 Å². The molecule has 1 aromatic carbocycles. The van der Waals surface area contributed by atoms with Crippen molar-refractivity contribution in [2.75, 3.05) is 5.32 Å². The lowest BCUT2D eigenvalue weighted by atomic mass is 9.61. The Morgan fingerprint density at radius 2 is 1.91 bits per heavy atom. The van der Waals surface area contributed by atoms with Gasteiger partial charge in [0, 0.05) is 28.6 Å². The highest BCUT2D eigenvalue weighted by Crippen LogP contribution is 2.47. The molecule has 0 amide bonds. The molecule has 3 N–H and O–H groups in total. The predicted molar refractivity (Wildman–Crippen MR) is 124 cm³/mol. The minimum Gasteiger partial charge on any atom is -0.481 e. The molecule has 34 heavy (non-hydrogen) atoms. The largest absolute Gasteiger partial charge is 0.481 e. The normalized spacial score (nSPS) is 23.9. The summed E-state index contributed by atoms with van der Waals surface area (Å²) in [5.74, 6) is -0.669. The number of benzene rings is 1. The molecule has 3 aliphatic carbocycles. The second kappa shape index (κ2) is 7.82. The van der Waals surface area contributed by atoms with Crippen molar-refractivity contribution >= 4 is 39.4 Å². The van der Waals surface area contributed by atoms with Crippen molar-refractivity contribution < 1.29 is 14.3 Å². The van der Waals surface area contributed by atoms with Gasteiger partial charge in [0.05, 0.1) is 17.6 Å². The quantitative estimate of drug-likeness (QED) is 0.356. The number of nitroso groups, excluding NO2 is 1. The number of pyridine rings is 1. The molecule has 4 aromatic rings. The topological polar surface area (TPSA) is 133 Å². The first-order valence-corrected chi connectivity index (χ1v) is 11.3. The van der Waals surface area contributed by atoms with Gasteiger partial charge in [-0.05, 0) is 67.0 Å². The number of hydrogen-bond acceptors (Lipinski definition) is 7. The maximum absolute atomic E-state index is 13.9. The molecule has 0 saturated heterocycles. The summed E-state index contributed by atoms with van der Waals surface area (Å²) in [4.78, 5) is 39.8. The van der Waals surface area contributed by atoms with Crippen molar-refractivity contribution in [3.63, 3.8) is 0 Å². The highest BCUT2D eigenvalue weighted by atomic mass is 19.1. The number of nitrogens with zero attached hydrogens (tertiary/aromatic N) is 4. The third-order valence-electron chi connectivity index (χ3n) is 7.33. The van der Waals surface area contributed by atoms with Crippen LogP contribution in [0.25, 0.3) is 33.3 Å². The van der Waals surface area contributed by atoms with E-state index >= 15 is 0 Å². The van der Waals surface area contributed by atoms with Crippen LogP contribution in [-0.2, 0) is 4.79 Å². The van der Waals surface area contributed by atoms with E-state index in [9.17, 15) is 19.2 Å². The molecule has 0 spiro atoms. The highest BCUT2D eigenvalue weighted by molar-refractivity contribution is 5.96. The Labute approximate surface area is 192 Å². The molecule has 3 aliphatic rings. The number of carboxylic acid groups (broad SMARTS) is 1. The lowest BCUT2D eigenvalue weighted by Crippen LogP contribution is -2.51. The highest BCUT2D eigenvalue weighted by Gasteiger charge is 2.47. The number of H-pyrrole nitrogens is 1. The summed E-state index contributed by atoms with van der Waals surface area (Å²) in [6, 6.07) is 5.93. The second-order valence-corrected chi connectivity index (χ2v) is 9.15. The van der Waals surface area contributed by atoms with E-state index in [1.165, 1.54) is 6.07 Å². The number of fused-ring (bicyclic) bond motifs is 5. The van der Waals surface area contributed by atoms with Crippen LogP contribution in [0.15, 0.2) is 41.8 Å². The third-order valence-corrected chi connectivity index (χ3v) is 7.33. The van der Waals surface area contributed by atoms with E-state index < -0.39 is 17.7 Å². The van der Waals surface area contributed by atoms with Gasteiger partial charge in [0.25, 0.3) is 0 Å². The first-order chi connectivity index (χ1) is 16.5. The molecule has 10 heteroatoms. The maximum Gasteiger partial charge on any atom is 0.308 e. The van der Waals surface area contributed by atoms with E-state index in [4.69, 9.17) is 4.98 Å². The number of aliphatic carboxylic acids is 1. The fraction of sp³-hybridized carbons (Fsp3) is 0.333. The average Bonchev–Trinajstić information content (AvgIpc) is 3.27. The van der Waals surface area contributed by atoms with Crippen LogP contribution in [-0.4, -0.2) is 37.1 Å². The van der Waals surface area contributed by atoms with E-state index in [1.54, 1.807) is 24.4 Å². The zero-order valence-corrected chi connectivity index (χ0v) is 18.0. The number of nitrogens with one attached hydrogen (secondary N) is 2. The maximum atomic E-state index is 13.9. The third kappa shape index (κ3) is 3.28. The van der Waals surface area contributed by atoms with Crippen molar-refractivity contribution in [3.05, 3.63) is 47.4 Å². The summed E-state index contributed by atoms with van der Waals surface area (Å²) in [7, 11) is 0. The molecule has 7 rings (SSSR count). The van der Waals surface area contributed by atoms with Gasteiger partial charge in [0.1, 0.15) is 23.0 Å². The van der Waals surface area contributed by atoms with Crippen LogP contribution in [0.3, 0.4) is 0 Å². The van der Waals surface area contributed by atoms with Crippen molar-refractivity contribution in [1.29, 1.82) is 0 Å². The van der Waals surface area contributed by atoms with E-state index in [2.05, 4.69) is 25.4 Å². The number of aromatic nitrogens is 4. The second-order valence-electron chi connectivity index (χ2n) is 9.15. The van der Waals surface area contributed by atoms with Gasteiger partial charge >= 0.3 is 5.97 Å². The van der Waals surface area contributed by atoms with E-state index in [0.717, 1.165) is 31.9 Å². The number of anilines is 1. The minimum absolute atomic E-state index is 0.127. The summed E-state index contributed by atoms with van der Waals surface area (Å²) < 4.78 is 13.9. The number of carboxylic acids is 1. The van der Waals surface area contributed by atoms with Crippen LogP contribution < -0.4 is 5.32 Å². The van der Waals surface area contributed by atoms with Gasteiger partial charge in [0.15, 0.2) is 5.82 Å². The Balaban J connectivity index is 1.51. The molecule has 3 heterocycles. The summed E-state index contributed by atoms with van der Waals surface area (Å²) in [6.07, 6.45) is 6.58. The van der Waals surface area contributed by atoms with Gasteiger partial charge in [-0.15, -0.1) is 4.91 Å². The van der Waals surface area contributed by atoms with Crippen LogP contribution in [0.2, 0.25) is 0 Å². The fourth-order valence-corrected chi connectivity index (χ4v) is 5.74. The molecule has 0 aliphatic heterocycles. The van der Waals surface area contributed by atoms with Gasteiger partial charge in [-0.1, -0.05) is 0 Å². The predicted octanol–water partition coefficient (Wildman–Crippen LogP) is 5.01. The summed E-state index contributed by atoms with van der Waals surface area (Å²) in [5.41, 5.74) is 1.87. The van der Waals surface area contributed by atoms with Gasteiger partial charge in [-0.3, -0.25) is 4.79 Å². The molecular formula is C24H21FN6O3. The lowest BCUT2D eigenvalue weighted by Gasteiger charge is -2.47.